The number of rotatable bonds is 4. The Morgan fingerprint density at radius 1 is 1.70 bits per heavy atom. The van der Waals surface area contributed by atoms with Crippen LogP contribution in [0.2, 0.25) is 0 Å². The molecule has 0 heterocycles. The van der Waals surface area contributed by atoms with Gasteiger partial charge in [0.15, 0.2) is 6.10 Å². The van der Waals surface area contributed by atoms with Crippen LogP contribution in [-0.2, 0) is 9.53 Å². The van der Waals surface area contributed by atoms with Gasteiger partial charge in [-0.05, 0) is 13.3 Å². The third-order valence-corrected chi connectivity index (χ3v) is 0.920. The van der Waals surface area contributed by atoms with E-state index in [9.17, 15) is 4.79 Å². The van der Waals surface area contributed by atoms with E-state index in [2.05, 4.69) is 0 Å². The number of hydrogen-bond acceptors (Lipinski definition) is 2. The van der Waals surface area contributed by atoms with Crippen molar-refractivity contribution in [1.29, 1.82) is 0 Å². The van der Waals surface area contributed by atoms with Crippen molar-refractivity contribution in [2.45, 2.75) is 26.4 Å². The van der Waals surface area contributed by atoms with Crippen LogP contribution >= 0.6 is 0 Å². The molecule has 0 spiro atoms. The maximum Gasteiger partial charge on any atom is 0.332 e. The number of carboxylic acids is 1. The summed E-state index contributed by atoms with van der Waals surface area (Å²) in [7, 11) is 0. The lowest BCUT2D eigenvalue weighted by Crippen LogP contribution is -2.19. The summed E-state index contributed by atoms with van der Waals surface area (Å²) >= 11 is 0. The van der Waals surface area contributed by atoms with E-state index < -0.39 is 12.1 Å². The molecule has 1 N–H and O–H groups in total. The Balaban J connectivity index is 0. The van der Waals surface area contributed by atoms with Crippen molar-refractivity contribution < 1.29 is 19.3 Å². The molecule has 10 heavy (non-hydrogen) atoms. The van der Waals surface area contributed by atoms with Crippen molar-refractivity contribution in [2.24, 2.45) is 0 Å². The monoisotopic (exact) mass is 152 g/mol. The first kappa shape index (κ1) is 12.1. The highest BCUT2D eigenvalue weighted by atomic mass is 19.0. The first-order valence-corrected chi connectivity index (χ1v) is 3.03. The molecule has 0 aromatic carbocycles. The van der Waals surface area contributed by atoms with Crippen LogP contribution in [0.4, 0.5) is 4.70 Å². The van der Waals surface area contributed by atoms with Gasteiger partial charge in [0.1, 0.15) is 0 Å². The zero-order valence-electron chi connectivity index (χ0n) is 6.16. The van der Waals surface area contributed by atoms with Crippen LogP contribution in [0.15, 0.2) is 0 Å². The Hall–Kier alpha value is -0.640. The molecular weight excluding hydrogens is 139 g/mol. The second-order valence-electron chi connectivity index (χ2n) is 1.85. The van der Waals surface area contributed by atoms with Crippen LogP contribution in [0.3, 0.4) is 0 Å². The van der Waals surface area contributed by atoms with Crippen LogP contribution < -0.4 is 0 Å². The molecule has 62 valence electrons. The highest BCUT2D eigenvalue weighted by Crippen LogP contribution is 1.90. The standard InChI is InChI=1S/C6H12O3.FH/c1-3-4-9-5(2)6(7)8;/h5H,3-4H2,1-2H3,(H,7,8);1H. The van der Waals surface area contributed by atoms with E-state index in [1.54, 1.807) is 0 Å². The minimum atomic E-state index is -0.900. The van der Waals surface area contributed by atoms with Gasteiger partial charge >= 0.3 is 5.97 Å². The summed E-state index contributed by atoms with van der Waals surface area (Å²) in [5, 5.41) is 8.28. The maximum absolute atomic E-state index is 10.1. The average molecular weight is 152 g/mol. The molecular formula is C6H13FO3. The lowest BCUT2D eigenvalue weighted by molar-refractivity contribution is -0.149. The molecule has 0 aromatic heterocycles. The van der Waals surface area contributed by atoms with Gasteiger partial charge in [0.25, 0.3) is 0 Å². The average Bonchev–Trinajstić information content (AvgIpc) is 1.82. The van der Waals surface area contributed by atoms with Crippen LogP contribution in [0, 0.1) is 0 Å². The fraction of sp³-hybridized carbons (Fsp3) is 0.833. The number of carbonyl (C=O) groups is 1. The second-order valence-corrected chi connectivity index (χ2v) is 1.85. The molecule has 0 aliphatic rings. The second kappa shape index (κ2) is 6.48. The van der Waals surface area contributed by atoms with Crippen molar-refractivity contribution in [3.63, 3.8) is 0 Å². The topological polar surface area (TPSA) is 46.5 Å². The first-order valence-electron chi connectivity index (χ1n) is 3.03. The minimum Gasteiger partial charge on any atom is -0.479 e. The van der Waals surface area contributed by atoms with Crippen LogP contribution in [0.25, 0.3) is 0 Å². The number of halogens is 1. The summed E-state index contributed by atoms with van der Waals surface area (Å²) < 4.78 is 4.85. The summed E-state index contributed by atoms with van der Waals surface area (Å²) in [5.41, 5.74) is 0. The first-order chi connectivity index (χ1) is 4.18. The molecule has 3 nitrogen and oxygen atoms in total. The molecule has 0 amide bonds. The lowest BCUT2D eigenvalue weighted by atomic mass is 10.4. The van der Waals surface area contributed by atoms with Gasteiger partial charge in [0.2, 0.25) is 0 Å². The Bertz CT molecular complexity index is 95.0. The Kier molecular flexibility index (Phi) is 7.82. The summed E-state index contributed by atoms with van der Waals surface area (Å²) in [6.45, 7) is 3.99. The quantitative estimate of drug-likeness (QED) is 0.654. The van der Waals surface area contributed by atoms with E-state index in [1.807, 2.05) is 6.92 Å². The lowest BCUT2D eigenvalue weighted by Gasteiger charge is -2.05. The van der Waals surface area contributed by atoms with Gasteiger partial charge in [0.05, 0.1) is 0 Å². The Labute approximate surface area is 59.4 Å². The molecule has 1 atom stereocenters. The van der Waals surface area contributed by atoms with Crippen molar-refractivity contribution >= 4 is 5.97 Å². The molecule has 0 aliphatic heterocycles. The molecule has 0 rings (SSSR count). The van der Waals surface area contributed by atoms with Crippen LogP contribution in [-0.4, -0.2) is 23.8 Å². The van der Waals surface area contributed by atoms with E-state index >= 15 is 0 Å². The largest absolute Gasteiger partial charge is 0.479 e. The normalized spacial score (nSPS) is 11.8. The van der Waals surface area contributed by atoms with Gasteiger partial charge in [0, 0.05) is 6.61 Å². The number of ether oxygens (including phenoxy) is 1. The predicted octanol–water partition coefficient (Wildman–Crippen LogP) is 1.04. The van der Waals surface area contributed by atoms with E-state index in [0.29, 0.717) is 6.61 Å². The molecule has 0 radical (unpaired) electrons. The van der Waals surface area contributed by atoms with Crippen LogP contribution in [0.1, 0.15) is 20.3 Å². The molecule has 0 saturated carbocycles. The van der Waals surface area contributed by atoms with E-state index in [-0.39, 0.29) is 4.70 Å². The number of hydrogen-bond donors (Lipinski definition) is 1. The summed E-state index contributed by atoms with van der Waals surface area (Å²) in [4.78, 5) is 10.1. The Morgan fingerprint density at radius 3 is 2.50 bits per heavy atom. The molecule has 0 aliphatic carbocycles. The van der Waals surface area contributed by atoms with Gasteiger partial charge in [-0.15, -0.1) is 0 Å². The fourth-order valence-electron chi connectivity index (χ4n) is 0.366. The van der Waals surface area contributed by atoms with Gasteiger partial charge in [-0.25, -0.2) is 4.79 Å². The fourth-order valence-corrected chi connectivity index (χ4v) is 0.366. The number of carboxylic acid groups (broad SMARTS) is 1. The van der Waals surface area contributed by atoms with E-state index in [0.717, 1.165) is 6.42 Å². The zero-order chi connectivity index (χ0) is 7.28. The summed E-state index contributed by atoms with van der Waals surface area (Å²) in [6, 6.07) is 0. The van der Waals surface area contributed by atoms with Crippen molar-refractivity contribution in [1.82, 2.24) is 0 Å². The maximum atomic E-state index is 10.1. The van der Waals surface area contributed by atoms with Gasteiger partial charge in [-0.1, -0.05) is 6.92 Å². The highest BCUT2D eigenvalue weighted by molar-refractivity contribution is 5.71. The molecule has 0 saturated heterocycles. The smallest absolute Gasteiger partial charge is 0.332 e. The van der Waals surface area contributed by atoms with E-state index in [4.69, 9.17) is 9.84 Å². The van der Waals surface area contributed by atoms with Crippen molar-refractivity contribution in [3.8, 4) is 0 Å². The molecule has 4 heteroatoms. The SMILES string of the molecule is CCCOC(C)C(=O)O.F. The molecule has 0 bridgehead atoms. The third kappa shape index (κ3) is 5.50. The Morgan fingerprint density at radius 2 is 2.20 bits per heavy atom. The predicted molar refractivity (Wildman–Crippen MR) is 35.8 cm³/mol. The van der Waals surface area contributed by atoms with Gasteiger partial charge in [-0.3, -0.25) is 4.70 Å². The molecule has 0 aromatic rings. The zero-order valence-corrected chi connectivity index (χ0v) is 6.16. The van der Waals surface area contributed by atoms with Crippen LogP contribution in [0.5, 0.6) is 0 Å². The number of aliphatic carboxylic acids is 1. The molecule has 1 unspecified atom stereocenters. The van der Waals surface area contributed by atoms with Crippen molar-refractivity contribution in [3.05, 3.63) is 0 Å². The highest BCUT2D eigenvalue weighted by Gasteiger charge is 2.08. The van der Waals surface area contributed by atoms with Gasteiger partial charge in [-0.2, -0.15) is 0 Å². The summed E-state index contributed by atoms with van der Waals surface area (Å²) in [6.07, 6.45) is 0.197. The third-order valence-electron chi connectivity index (χ3n) is 0.920. The van der Waals surface area contributed by atoms with E-state index in [1.165, 1.54) is 6.92 Å². The van der Waals surface area contributed by atoms with Crippen molar-refractivity contribution in [2.75, 3.05) is 6.61 Å². The van der Waals surface area contributed by atoms with Gasteiger partial charge < -0.3 is 9.84 Å². The molecule has 0 fully saturated rings. The minimum absolute atomic E-state index is 0. The summed E-state index contributed by atoms with van der Waals surface area (Å²) in [5.74, 6) is -0.900.